The third-order valence-electron chi connectivity index (χ3n) is 5.26. The van der Waals surface area contributed by atoms with Gasteiger partial charge < -0.3 is 24.2 Å². The third-order valence-corrected chi connectivity index (χ3v) is 7.48. The number of nitrogens with zero attached hydrogens (tertiary/aromatic N) is 1. The molecule has 0 spiro atoms. The van der Waals surface area contributed by atoms with Crippen LogP contribution in [-0.4, -0.2) is 37.0 Å². The van der Waals surface area contributed by atoms with Gasteiger partial charge in [-0.25, -0.2) is 0 Å². The highest BCUT2D eigenvalue weighted by Gasteiger charge is 2.44. The Bertz CT molecular complexity index is 962. The Morgan fingerprint density at radius 2 is 1.90 bits per heavy atom. The van der Waals surface area contributed by atoms with E-state index in [-0.39, 0.29) is 11.2 Å². The monoisotopic (exact) mass is 434 g/mol. The summed E-state index contributed by atoms with van der Waals surface area (Å²) in [7, 11) is -1.98. The molecule has 7 nitrogen and oxygen atoms in total. The van der Waals surface area contributed by atoms with Crippen molar-refractivity contribution in [2.75, 3.05) is 32.2 Å². The highest BCUT2D eigenvalue weighted by molar-refractivity contribution is 7.54. The van der Waals surface area contributed by atoms with E-state index in [0.29, 0.717) is 31.1 Å². The average molecular weight is 434 g/mol. The first-order valence-electron chi connectivity index (χ1n) is 9.99. The molecule has 0 bridgehead atoms. The second-order valence-electron chi connectivity index (χ2n) is 8.62. The number of pyridine rings is 1. The highest BCUT2D eigenvalue weighted by Crippen LogP contribution is 2.64. The molecule has 8 heteroatoms. The summed E-state index contributed by atoms with van der Waals surface area (Å²) in [6.07, 6.45) is 0. The lowest BCUT2D eigenvalue weighted by atomic mass is 9.97. The molecule has 1 unspecified atom stereocenters. The van der Waals surface area contributed by atoms with E-state index in [1.165, 1.54) is 7.11 Å². The fourth-order valence-corrected chi connectivity index (χ4v) is 5.73. The van der Waals surface area contributed by atoms with E-state index in [9.17, 15) is 9.67 Å². The molecule has 1 atom stereocenters. The van der Waals surface area contributed by atoms with Crippen molar-refractivity contribution in [2.24, 2.45) is 5.41 Å². The zero-order valence-corrected chi connectivity index (χ0v) is 19.4. The Kier molecular flexibility index (Phi) is 6.46. The molecule has 1 aromatic carbocycles. The van der Waals surface area contributed by atoms with Gasteiger partial charge in [-0.2, -0.15) is 0 Å². The number of rotatable bonds is 6. The molecule has 1 aliphatic rings. The summed E-state index contributed by atoms with van der Waals surface area (Å²) in [6.45, 7) is 10.7. The summed E-state index contributed by atoms with van der Waals surface area (Å²) in [6, 6.07) is 7.38. The summed E-state index contributed by atoms with van der Waals surface area (Å²) < 4.78 is 30.8. The second kappa shape index (κ2) is 8.58. The van der Waals surface area contributed by atoms with Gasteiger partial charge >= 0.3 is 7.60 Å². The third kappa shape index (κ3) is 4.80. The predicted molar refractivity (Wildman–Crippen MR) is 118 cm³/mol. The summed E-state index contributed by atoms with van der Waals surface area (Å²) in [5.74, 6) is 0.392. The molecule has 1 aliphatic heterocycles. The molecule has 1 fully saturated rings. The predicted octanol–water partition coefficient (Wildman–Crippen LogP) is 5.14. The Morgan fingerprint density at radius 3 is 2.50 bits per heavy atom. The number of aromatic hydroxyl groups is 1. The van der Waals surface area contributed by atoms with Crippen molar-refractivity contribution in [3.8, 4) is 11.5 Å². The first-order chi connectivity index (χ1) is 14.0. The van der Waals surface area contributed by atoms with Crippen LogP contribution in [0.5, 0.6) is 11.5 Å². The number of benzene rings is 1. The Morgan fingerprint density at radius 1 is 1.23 bits per heavy atom. The molecule has 164 valence electrons. The molecule has 1 aromatic heterocycles. The summed E-state index contributed by atoms with van der Waals surface area (Å²) in [5.41, 5.74) is 3.22. The topological polar surface area (TPSA) is 89.9 Å². The number of ether oxygens (including phenoxy) is 1. The molecule has 0 amide bonds. The fraction of sp³-hybridized carbons (Fsp3) is 0.500. The van der Waals surface area contributed by atoms with Gasteiger partial charge in [-0.1, -0.05) is 19.9 Å². The van der Waals surface area contributed by atoms with Crippen LogP contribution in [0.4, 0.5) is 5.69 Å². The van der Waals surface area contributed by atoms with E-state index >= 15 is 0 Å². The summed E-state index contributed by atoms with van der Waals surface area (Å²) in [5, 5.41) is 13.6. The Hall–Kier alpha value is -2.08. The van der Waals surface area contributed by atoms with E-state index in [1.54, 1.807) is 19.1 Å². The van der Waals surface area contributed by atoms with Crippen LogP contribution in [0.2, 0.25) is 0 Å². The zero-order chi connectivity index (χ0) is 22.1. The Labute approximate surface area is 178 Å². The van der Waals surface area contributed by atoms with Crippen molar-refractivity contribution >= 4 is 13.3 Å². The van der Waals surface area contributed by atoms with E-state index < -0.39 is 13.3 Å². The van der Waals surface area contributed by atoms with Crippen molar-refractivity contribution in [3.05, 3.63) is 46.8 Å². The van der Waals surface area contributed by atoms with Crippen LogP contribution in [0.1, 0.15) is 42.0 Å². The fourth-order valence-electron chi connectivity index (χ4n) is 3.40. The van der Waals surface area contributed by atoms with Crippen molar-refractivity contribution < 1.29 is 23.5 Å². The molecule has 0 aliphatic carbocycles. The minimum absolute atomic E-state index is 0.0661. The molecule has 30 heavy (non-hydrogen) atoms. The number of hydrogen-bond acceptors (Lipinski definition) is 7. The van der Waals surface area contributed by atoms with Gasteiger partial charge in [0.2, 0.25) is 0 Å². The van der Waals surface area contributed by atoms with Gasteiger partial charge in [-0.15, -0.1) is 0 Å². The van der Waals surface area contributed by atoms with Gasteiger partial charge in [0.05, 0.1) is 31.7 Å². The number of aromatic nitrogens is 1. The van der Waals surface area contributed by atoms with Crippen LogP contribution >= 0.6 is 7.60 Å². The van der Waals surface area contributed by atoms with Crippen molar-refractivity contribution in [1.29, 1.82) is 0 Å². The molecule has 0 saturated carbocycles. The normalized spacial score (nSPS) is 18.6. The lowest BCUT2D eigenvalue weighted by Crippen LogP contribution is -2.31. The van der Waals surface area contributed by atoms with E-state index in [2.05, 4.69) is 10.3 Å². The number of nitrogens with one attached hydrogen (secondary N) is 1. The van der Waals surface area contributed by atoms with Crippen molar-refractivity contribution in [3.63, 3.8) is 0 Å². The molecular weight excluding hydrogens is 403 g/mol. The van der Waals surface area contributed by atoms with Gasteiger partial charge in [0.1, 0.15) is 5.66 Å². The summed E-state index contributed by atoms with van der Waals surface area (Å²) >= 11 is 0. The largest absolute Gasteiger partial charge is 0.504 e. The minimum atomic E-state index is -3.47. The second-order valence-corrected chi connectivity index (χ2v) is 10.8. The maximum Gasteiger partial charge on any atom is 0.339 e. The first-order valence-corrected chi connectivity index (χ1v) is 11.6. The number of anilines is 1. The quantitative estimate of drug-likeness (QED) is 0.609. The number of methoxy groups -OCH3 is 1. The lowest BCUT2D eigenvalue weighted by molar-refractivity contribution is 0.0382. The smallest absolute Gasteiger partial charge is 0.339 e. The molecule has 3 rings (SSSR count). The molecule has 2 heterocycles. The molecular formula is C22H31N2O5P. The highest BCUT2D eigenvalue weighted by atomic mass is 31.2. The lowest BCUT2D eigenvalue weighted by Gasteiger charge is -2.37. The van der Waals surface area contributed by atoms with Crippen LogP contribution in [0.25, 0.3) is 0 Å². The minimum Gasteiger partial charge on any atom is -0.504 e. The molecule has 2 N–H and O–H groups in total. The van der Waals surface area contributed by atoms with E-state index in [4.69, 9.17) is 13.8 Å². The van der Waals surface area contributed by atoms with Crippen LogP contribution in [0.15, 0.2) is 24.3 Å². The van der Waals surface area contributed by atoms with E-state index in [1.807, 2.05) is 39.8 Å². The van der Waals surface area contributed by atoms with Gasteiger partial charge in [0.25, 0.3) is 0 Å². The van der Waals surface area contributed by atoms with Crippen LogP contribution in [0, 0.1) is 26.2 Å². The number of aryl methyl sites for hydroxylation is 3. The van der Waals surface area contributed by atoms with Crippen LogP contribution < -0.4 is 10.1 Å². The molecule has 1 saturated heterocycles. The van der Waals surface area contributed by atoms with Crippen molar-refractivity contribution in [2.45, 2.75) is 40.3 Å². The SMILES string of the molecule is COc1cc(C(CNc2ccc(C)nc2C)P2(=O)OCC(C)(C)CO2)cc(C)c1O. The van der Waals surface area contributed by atoms with Crippen LogP contribution in [-0.2, 0) is 13.6 Å². The van der Waals surface area contributed by atoms with Gasteiger partial charge in [0.15, 0.2) is 11.5 Å². The number of phenols is 1. The Balaban J connectivity index is 1.97. The van der Waals surface area contributed by atoms with Crippen molar-refractivity contribution in [1.82, 2.24) is 4.98 Å². The van der Waals surface area contributed by atoms with Gasteiger partial charge in [0, 0.05) is 17.7 Å². The summed E-state index contributed by atoms with van der Waals surface area (Å²) in [4.78, 5) is 4.48. The average Bonchev–Trinajstić information content (AvgIpc) is 2.68. The molecule has 0 radical (unpaired) electrons. The maximum atomic E-state index is 13.8. The first kappa shape index (κ1) is 22.6. The molecule has 2 aromatic rings. The van der Waals surface area contributed by atoms with Gasteiger partial charge in [-0.05, 0) is 50.1 Å². The van der Waals surface area contributed by atoms with Crippen LogP contribution in [0.3, 0.4) is 0 Å². The standard InChI is InChI=1S/C22H31N2O5P/c1-14-9-17(10-19(27-6)21(14)25)20(30(26)28-12-22(4,5)13-29-30)11-23-18-8-7-15(2)24-16(18)3/h7-10,20,23,25H,11-13H2,1-6H3. The zero-order valence-electron chi connectivity index (χ0n) is 18.5. The maximum absolute atomic E-state index is 13.8. The number of hydrogen-bond donors (Lipinski definition) is 2. The van der Waals surface area contributed by atoms with E-state index in [0.717, 1.165) is 22.6 Å². The number of phenolic OH excluding ortho intramolecular Hbond substituents is 1. The van der Waals surface area contributed by atoms with Gasteiger partial charge in [-0.3, -0.25) is 9.55 Å².